The first-order valence-corrected chi connectivity index (χ1v) is 5.65. The highest BCUT2D eigenvalue weighted by Crippen LogP contribution is 2.18. The van der Waals surface area contributed by atoms with Gasteiger partial charge in [0.25, 0.3) is 0 Å². The van der Waals surface area contributed by atoms with Crippen LogP contribution in [0.1, 0.15) is 39.5 Å². The lowest BCUT2D eigenvalue weighted by atomic mass is 10.1. The molecule has 0 aliphatic rings. The van der Waals surface area contributed by atoms with Gasteiger partial charge in [-0.25, -0.2) is 4.39 Å². The third-order valence-corrected chi connectivity index (χ3v) is 2.38. The van der Waals surface area contributed by atoms with E-state index in [0.29, 0.717) is 5.75 Å². The Kier molecular flexibility index (Phi) is 5.16. The van der Waals surface area contributed by atoms with E-state index in [1.165, 1.54) is 18.9 Å². The molecule has 0 radical (unpaired) electrons. The van der Waals surface area contributed by atoms with Gasteiger partial charge in [-0.2, -0.15) is 0 Å². The van der Waals surface area contributed by atoms with Gasteiger partial charge in [0.2, 0.25) is 0 Å². The average molecular weight is 210 g/mol. The van der Waals surface area contributed by atoms with E-state index in [1.807, 2.05) is 6.92 Å². The van der Waals surface area contributed by atoms with Crippen LogP contribution in [0.4, 0.5) is 4.39 Å². The first-order chi connectivity index (χ1) is 7.24. The van der Waals surface area contributed by atoms with Crippen molar-refractivity contribution >= 4 is 0 Å². The zero-order valence-corrected chi connectivity index (χ0v) is 9.50. The summed E-state index contributed by atoms with van der Waals surface area (Å²) in [5.41, 5.74) is 0. The molecule has 0 fully saturated rings. The molecule has 0 saturated heterocycles. The van der Waals surface area contributed by atoms with Crippen LogP contribution < -0.4 is 4.74 Å². The molecule has 0 saturated carbocycles. The maximum Gasteiger partial charge on any atom is 0.165 e. The Hall–Kier alpha value is -1.05. The fourth-order valence-corrected chi connectivity index (χ4v) is 1.50. The topological polar surface area (TPSA) is 9.23 Å². The van der Waals surface area contributed by atoms with Crippen molar-refractivity contribution in [3.05, 3.63) is 30.1 Å². The largest absolute Gasteiger partial charge is 0.488 e. The Morgan fingerprint density at radius 1 is 1.27 bits per heavy atom. The number of halogens is 1. The second kappa shape index (κ2) is 6.44. The van der Waals surface area contributed by atoms with Gasteiger partial charge >= 0.3 is 0 Å². The number of benzene rings is 1. The highest BCUT2D eigenvalue weighted by molar-refractivity contribution is 5.23. The summed E-state index contributed by atoms with van der Waals surface area (Å²) in [6.07, 6.45) is 4.64. The minimum absolute atomic E-state index is 0.0912. The van der Waals surface area contributed by atoms with Gasteiger partial charge in [-0.05, 0) is 31.9 Å². The Morgan fingerprint density at radius 3 is 2.67 bits per heavy atom. The van der Waals surface area contributed by atoms with Crippen molar-refractivity contribution in [2.24, 2.45) is 0 Å². The quantitative estimate of drug-likeness (QED) is 0.640. The molecular formula is C13H19FO. The Morgan fingerprint density at radius 2 is 2.00 bits per heavy atom. The summed E-state index contributed by atoms with van der Waals surface area (Å²) < 4.78 is 18.7. The van der Waals surface area contributed by atoms with E-state index in [-0.39, 0.29) is 11.9 Å². The van der Waals surface area contributed by atoms with Gasteiger partial charge < -0.3 is 4.74 Å². The number of para-hydroxylation sites is 1. The Balaban J connectivity index is 2.37. The lowest BCUT2D eigenvalue weighted by Gasteiger charge is -2.14. The van der Waals surface area contributed by atoms with Crippen molar-refractivity contribution in [3.63, 3.8) is 0 Å². The number of hydrogen-bond acceptors (Lipinski definition) is 1. The van der Waals surface area contributed by atoms with Crippen molar-refractivity contribution in [1.29, 1.82) is 0 Å². The van der Waals surface area contributed by atoms with Crippen molar-refractivity contribution in [1.82, 2.24) is 0 Å². The van der Waals surface area contributed by atoms with Gasteiger partial charge in [0, 0.05) is 0 Å². The number of ether oxygens (including phenoxy) is 1. The van der Waals surface area contributed by atoms with Crippen LogP contribution in [0.25, 0.3) is 0 Å². The Labute approximate surface area is 91.3 Å². The Bertz CT molecular complexity index is 286. The second-order valence-corrected chi connectivity index (χ2v) is 3.85. The van der Waals surface area contributed by atoms with Crippen LogP contribution in [-0.2, 0) is 0 Å². The molecule has 1 atom stereocenters. The summed E-state index contributed by atoms with van der Waals surface area (Å²) in [4.78, 5) is 0. The lowest BCUT2D eigenvalue weighted by molar-refractivity contribution is 0.198. The van der Waals surface area contributed by atoms with Crippen LogP contribution in [0, 0.1) is 5.82 Å². The highest BCUT2D eigenvalue weighted by Gasteiger charge is 2.06. The van der Waals surface area contributed by atoms with Gasteiger partial charge in [0.1, 0.15) is 0 Å². The molecule has 1 aromatic carbocycles. The fourth-order valence-electron chi connectivity index (χ4n) is 1.50. The molecule has 1 aromatic rings. The van der Waals surface area contributed by atoms with Crippen LogP contribution in [0.5, 0.6) is 5.75 Å². The summed E-state index contributed by atoms with van der Waals surface area (Å²) in [6, 6.07) is 6.56. The molecule has 0 heterocycles. The molecule has 0 unspecified atom stereocenters. The van der Waals surface area contributed by atoms with E-state index >= 15 is 0 Å². The van der Waals surface area contributed by atoms with E-state index in [0.717, 1.165) is 12.8 Å². The monoisotopic (exact) mass is 210 g/mol. The van der Waals surface area contributed by atoms with E-state index < -0.39 is 0 Å². The molecule has 84 valence electrons. The molecule has 2 heteroatoms. The zero-order chi connectivity index (χ0) is 11.1. The first-order valence-electron chi connectivity index (χ1n) is 5.65. The number of rotatable bonds is 6. The SMILES string of the molecule is CCCCC[C@@H](C)Oc1ccccc1F. The minimum atomic E-state index is -0.278. The fraction of sp³-hybridized carbons (Fsp3) is 0.538. The molecule has 0 N–H and O–H groups in total. The van der Waals surface area contributed by atoms with Crippen LogP contribution >= 0.6 is 0 Å². The van der Waals surface area contributed by atoms with Gasteiger partial charge in [-0.3, -0.25) is 0 Å². The summed E-state index contributed by atoms with van der Waals surface area (Å²) in [5.74, 6) is 0.0846. The van der Waals surface area contributed by atoms with Crippen LogP contribution in [0.15, 0.2) is 24.3 Å². The summed E-state index contributed by atoms with van der Waals surface area (Å²) in [5, 5.41) is 0. The molecule has 0 amide bonds. The maximum atomic E-state index is 13.2. The standard InChI is InChI=1S/C13H19FO/c1-3-4-5-8-11(2)15-13-10-7-6-9-12(13)14/h6-7,9-11H,3-5,8H2,1-2H3/t11-/m1/s1. The summed E-state index contributed by atoms with van der Waals surface area (Å²) in [7, 11) is 0. The normalized spacial score (nSPS) is 12.5. The molecule has 1 nitrogen and oxygen atoms in total. The third-order valence-electron chi connectivity index (χ3n) is 2.38. The van der Waals surface area contributed by atoms with Crippen molar-refractivity contribution in [3.8, 4) is 5.75 Å². The van der Waals surface area contributed by atoms with E-state index in [9.17, 15) is 4.39 Å². The first kappa shape index (κ1) is 12.0. The molecule has 0 spiro atoms. The van der Waals surface area contributed by atoms with Crippen LogP contribution in [0.3, 0.4) is 0 Å². The molecular weight excluding hydrogens is 191 g/mol. The highest BCUT2D eigenvalue weighted by atomic mass is 19.1. The smallest absolute Gasteiger partial charge is 0.165 e. The molecule has 0 bridgehead atoms. The van der Waals surface area contributed by atoms with Gasteiger partial charge in [0.05, 0.1) is 6.10 Å². The maximum absolute atomic E-state index is 13.2. The second-order valence-electron chi connectivity index (χ2n) is 3.85. The predicted molar refractivity (Wildman–Crippen MR) is 60.6 cm³/mol. The molecule has 0 aromatic heterocycles. The van der Waals surface area contributed by atoms with E-state index in [4.69, 9.17) is 4.74 Å². The van der Waals surface area contributed by atoms with Crippen molar-refractivity contribution < 1.29 is 9.13 Å². The molecule has 0 aliphatic carbocycles. The lowest BCUT2D eigenvalue weighted by Crippen LogP contribution is -2.12. The molecule has 1 rings (SSSR count). The number of hydrogen-bond donors (Lipinski definition) is 0. The van der Waals surface area contributed by atoms with Crippen LogP contribution in [0.2, 0.25) is 0 Å². The van der Waals surface area contributed by atoms with Gasteiger partial charge in [-0.1, -0.05) is 31.9 Å². The average Bonchev–Trinajstić information content (AvgIpc) is 2.22. The molecule has 0 aliphatic heterocycles. The third kappa shape index (κ3) is 4.32. The number of unbranched alkanes of at least 4 members (excludes halogenated alkanes) is 2. The van der Waals surface area contributed by atoms with Gasteiger partial charge in [-0.15, -0.1) is 0 Å². The van der Waals surface area contributed by atoms with E-state index in [1.54, 1.807) is 18.2 Å². The van der Waals surface area contributed by atoms with Crippen molar-refractivity contribution in [2.45, 2.75) is 45.6 Å². The van der Waals surface area contributed by atoms with Crippen molar-refractivity contribution in [2.75, 3.05) is 0 Å². The molecule has 15 heavy (non-hydrogen) atoms. The minimum Gasteiger partial charge on any atom is -0.488 e. The van der Waals surface area contributed by atoms with E-state index in [2.05, 4.69) is 6.92 Å². The van der Waals surface area contributed by atoms with Crippen LogP contribution in [-0.4, -0.2) is 6.10 Å². The van der Waals surface area contributed by atoms with Gasteiger partial charge in [0.15, 0.2) is 11.6 Å². The summed E-state index contributed by atoms with van der Waals surface area (Å²) >= 11 is 0. The predicted octanol–water partition coefficient (Wildman–Crippen LogP) is 4.17. The summed E-state index contributed by atoms with van der Waals surface area (Å²) in [6.45, 7) is 4.16. The zero-order valence-electron chi connectivity index (χ0n) is 9.50.